The molecule has 0 radical (unpaired) electrons. The molecule has 0 amide bonds. The van der Waals surface area contributed by atoms with E-state index in [1.54, 1.807) is 0 Å². The van der Waals surface area contributed by atoms with Crippen LogP contribution in [-0.4, -0.2) is 14.7 Å². The molecule has 0 aliphatic heterocycles. The summed E-state index contributed by atoms with van der Waals surface area (Å²) in [7, 11) is -0.513. The molecule has 3 rings (SSSR count). The van der Waals surface area contributed by atoms with Gasteiger partial charge in [-0.3, -0.25) is 0 Å². The summed E-state index contributed by atoms with van der Waals surface area (Å²) >= 11 is 0. The van der Waals surface area contributed by atoms with Gasteiger partial charge in [-0.2, -0.15) is 0 Å². The van der Waals surface area contributed by atoms with E-state index >= 15 is 0 Å². The first kappa shape index (κ1) is 18.4. The Morgan fingerprint density at radius 3 is 2.27 bits per heavy atom. The van der Waals surface area contributed by atoms with Crippen molar-refractivity contribution in [3.05, 3.63) is 90.0 Å². The topological polar surface area (TPSA) is 18.5 Å². The van der Waals surface area contributed by atoms with Gasteiger partial charge in [-0.15, -0.1) is 0 Å². The van der Waals surface area contributed by atoms with Gasteiger partial charge in [0.2, 0.25) is 0 Å². The van der Waals surface area contributed by atoms with E-state index in [0.717, 1.165) is 17.1 Å². The first-order chi connectivity index (χ1) is 12.5. The number of hydrogen-bond acceptors (Lipinski definition) is 2. The van der Waals surface area contributed by atoms with Crippen molar-refractivity contribution in [3.63, 3.8) is 0 Å². The quantitative estimate of drug-likeness (QED) is 0.575. The van der Waals surface area contributed by atoms with Crippen molar-refractivity contribution < 1.29 is 9.47 Å². The fourth-order valence-corrected chi connectivity index (χ4v) is 4.55. The number of benzene rings is 3. The van der Waals surface area contributed by atoms with E-state index in [0.29, 0.717) is 6.61 Å². The fourth-order valence-electron chi connectivity index (χ4n) is 2.86. The molecule has 0 aliphatic carbocycles. The standard InChI is InChI=1S/C23H26O2Si/c1-18-12-14-20(15-13-18)25-21-9-7-8-19(16-21)17-24-23(2,3)26-22-10-5-4-6-11-22/h4-16H,17,26H2,1-3H3. The van der Waals surface area contributed by atoms with E-state index in [9.17, 15) is 0 Å². The number of rotatable bonds is 7. The van der Waals surface area contributed by atoms with E-state index < -0.39 is 9.52 Å². The second kappa shape index (κ2) is 8.34. The lowest BCUT2D eigenvalue weighted by atomic mass is 10.2. The summed E-state index contributed by atoms with van der Waals surface area (Å²) in [5.74, 6) is 1.69. The maximum atomic E-state index is 6.25. The smallest absolute Gasteiger partial charge is 0.127 e. The van der Waals surface area contributed by atoms with Crippen LogP contribution in [0.15, 0.2) is 78.9 Å². The Kier molecular flexibility index (Phi) is 5.91. The molecule has 0 atom stereocenters. The fraction of sp³-hybridized carbons (Fsp3) is 0.217. The molecule has 0 N–H and O–H groups in total. The minimum absolute atomic E-state index is 0.0881. The van der Waals surface area contributed by atoms with E-state index in [-0.39, 0.29) is 5.22 Å². The molecule has 0 saturated heterocycles. The molecule has 0 spiro atoms. The van der Waals surface area contributed by atoms with E-state index in [1.165, 1.54) is 10.8 Å². The Balaban J connectivity index is 1.60. The zero-order chi connectivity index (χ0) is 18.4. The van der Waals surface area contributed by atoms with E-state index in [4.69, 9.17) is 9.47 Å². The second-order valence-electron chi connectivity index (χ2n) is 7.27. The Hall–Kier alpha value is -2.36. The highest BCUT2D eigenvalue weighted by atomic mass is 28.2. The third-order valence-electron chi connectivity index (χ3n) is 4.26. The van der Waals surface area contributed by atoms with Crippen molar-refractivity contribution in [3.8, 4) is 11.5 Å². The molecule has 0 aromatic heterocycles. The van der Waals surface area contributed by atoms with Gasteiger partial charge in [-0.25, -0.2) is 0 Å². The first-order valence-electron chi connectivity index (χ1n) is 9.02. The van der Waals surface area contributed by atoms with E-state index in [2.05, 4.69) is 75.4 Å². The molecular weight excluding hydrogens is 336 g/mol. The summed E-state index contributed by atoms with van der Waals surface area (Å²) < 4.78 is 12.2. The van der Waals surface area contributed by atoms with Crippen molar-refractivity contribution in [2.24, 2.45) is 0 Å². The molecule has 3 heteroatoms. The van der Waals surface area contributed by atoms with Crippen LogP contribution in [0.5, 0.6) is 11.5 Å². The molecule has 3 aromatic carbocycles. The van der Waals surface area contributed by atoms with Crippen LogP contribution in [0.3, 0.4) is 0 Å². The average molecular weight is 363 g/mol. The van der Waals surface area contributed by atoms with Gasteiger partial charge < -0.3 is 9.47 Å². The molecular formula is C23H26O2Si. The van der Waals surface area contributed by atoms with Crippen molar-refractivity contribution in [1.29, 1.82) is 0 Å². The van der Waals surface area contributed by atoms with Gasteiger partial charge in [0, 0.05) is 0 Å². The van der Waals surface area contributed by atoms with Gasteiger partial charge >= 0.3 is 0 Å². The van der Waals surface area contributed by atoms with Crippen molar-refractivity contribution in [1.82, 2.24) is 0 Å². The lowest BCUT2D eigenvalue weighted by Gasteiger charge is -2.25. The molecule has 3 aromatic rings. The Labute approximate surface area is 158 Å². The Bertz CT molecular complexity index is 826. The summed E-state index contributed by atoms with van der Waals surface area (Å²) in [6.07, 6.45) is 0. The Morgan fingerprint density at radius 2 is 1.54 bits per heavy atom. The minimum atomic E-state index is -0.513. The van der Waals surface area contributed by atoms with Gasteiger partial charge in [0.1, 0.15) is 11.5 Å². The summed E-state index contributed by atoms with van der Waals surface area (Å²) in [5, 5.41) is 1.34. The van der Waals surface area contributed by atoms with Crippen LogP contribution in [0.25, 0.3) is 0 Å². The van der Waals surface area contributed by atoms with Crippen LogP contribution < -0.4 is 9.92 Å². The average Bonchev–Trinajstić information content (AvgIpc) is 2.63. The highest BCUT2D eigenvalue weighted by Gasteiger charge is 2.19. The monoisotopic (exact) mass is 362 g/mol. The zero-order valence-corrected chi connectivity index (χ0v) is 17.2. The summed E-state index contributed by atoms with van der Waals surface area (Å²) in [6.45, 7) is 7.05. The van der Waals surface area contributed by atoms with Crippen LogP contribution in [0.2, 0.25) is 0 Å². The van der Waals surface area contributed by atoms with Crippen LogP contribution in [0, 0.1) is 6.92 Å². The van der Waals surface area contributed by atoms with Crippen LogP contribution in [0.4, 0.5) is 0 Å². The molecule has 0 saturated carbocycles. The van der Waals surface area contributed by atoms with E-state index in [1.807, 2.05) is 24.3 Å². The summed E-state index contributed by atoms with van der Waals surface area (Å²) in [4.78, 5) is 0. The molecule has 26 heavy (non-hydrogen) atoms. The maximum absolute atomic E-state index is 6.25. The molecule has 2 nitrogen and oxygen atoms in total. The third-order valence-corrected chi connectivity index (χ3v) is 6.19. The minimum Gasteiger partial charge on any atom is -0.457 e. The van der Waals surface area contributed by atoms with Gasteiger partial charge in [0.05, 0.1) is 21.4 Å². The lowest BCUT2D eigenvalue weighted by Crippen LogP contribution is -2.39. The molecule has 0 bridgehead atoms. The van der Waals surface area contributed by atoms with Crippen LogP contribution in [0.1, 0.15) is 25.0 Å². The number of ether oxygens (including phenoxy) is 2. The third kappa shape index (κ3) is 5.58. The van der Waals surface area contributed by atoms with Crippen molar-refractivity contribution in [2.75, 3.05) is 0 Å². The lowest BCUT2D eigenvalue weighted by molar-refractivity contribution is 0.0310. The Morgan fingerprint density at radius 1 is 0.808 bits per heavy atom. The molecule has 134 valence electrons. The van der Waals surface area contributed by atoms with Gasteiger partial charge in [-0.1, -0.05) is 65.3 Å². The van der Waals surface area contributed by atoms with Gasteiger partial charge in [0.15, 0.2) is 0 Å². The highest BCUT2D eigenvalue weighted by molar-refractivity contribution is 6.56. The highest BCUT2D eigenvalue weighted by Crippen LogP contribution is 2.23. The van der Waals surface area contributed by atoms with Gasteiger partial charge in [-0.05, 0) is 50.6 Å². The maximum Gasteiger partial charge on any atom is 0.127 e. The number of aryl methyl sites for hydroxylation is 1. The molecule has 0 heterocycles. The largest absolute Gasteiger partial charge is 0.457 e. The molecule has 0 aliphatic rings. The second-order valence-corrected chi connectivity index (χ2v) is 10.1. The summed E-state index contributed by atoms with van der Waals surface area (Å²) in [6, 6.07) is 26.9. The van der Waals surface area contributed by atoms with Crippen LogP contribution >= 0.6 is 0 Å². The SMILES string of the molecule is Cc1ccc(Oc2cccc(COC(C)(C)[SiH2]c3ccccc3)c2)cc1. The van der Waals surface area contributed by atoms with Crippen molar-refractivity contribution >= 4 is 14.7 Å². The first-order valence-corrected chi connectivity index (χ1v) is 10.4. The number of hydrogen-bond donors (Lipinski definition) is 0. The van der Waals surface area contributed by atoms with Gasteiger partial charge in [0.25, 0.3) is 0 Å². The summed E-state index contributed by atoms with van der Waals surface area (Å²) in [5.41, 5.74) is 2.36. The predicted molar refractivity (Wildman–Crippen MR) is 111 cm³/mol. The normalized spacial score (nSPS) is 11.8. The van der Waals surface area contributed by atoms with Crippen LogP contribution in [-0.2, 0) is 11.3 Å². The predicted octanol–water partition coefficient (Wildman–Crippen LogP) is 4.53. The van der Waals surface area contributed by atoms with Crippen molar-refractivity contribution in [2.45, 2.75) is 32.6 Å². The molecule has 0 fully saturated rings. The molecule has 0 unspecified atom stereocenters. The zero-order valence-electron chi connectivity index (χ0n) is 15.7.